The Labute approximate surface area is 229 Å². The second-order valence-corrected chi connectivity index (χ2v) is 11.0. The van der Waals surface area contributed by atoms with Gasteiger partial charge < -0.3 is 19.7 Å². The van der Waals surface area contributed by atoms with E-state index in [0.29, 0.717) is 22.6 Å². The monoisotopic (exact) mass is 529 g/mol. The van der Waals surface area contributed by atoms with Crippen molar-refractivity contribution in [1.82, 2.24) is 0 Å². The average molecular weight is 530 g/mol. The van der Waals surface area contributed by atoms with Gasteiger partial charge in [0.25, 0.3) is 11.7 Å². The van der Waals surface area contributed by atoms with Crippen LogP contribution in [0.4, 0.5) is 5.69 Å². The Morgan fingerprint density at radius 2 is 1.51 bits per heavy atom. The lowest BCUT2D eigenvalue weighted by Crippen LogP contribution is -2.29. The van der Waals surface area contributed by atoms with Crippen molar-refractivity contribution in [2.24, 2.45) is 0 Å². The molecule has 7 heteroatoms. The normalized spacial score (nSPS) is 17.1. The number of rotatable bonds is 6. The van der Waals surface area contributed by atoms with Crippen molar-refractivity contribution in [3.8, 4) is 17.2 Å². The lowest BCUT2D eigenvalue weighted by atomic mass is 9.85. The number of aliphatic hydroxyl groups is 1. The molecule has 0 aromatic heterocycles. The zero-order valence-corrected chi connectivity index (χ0v) is 23.4. The molecule has 39 heavy (non-hydrogen) atoms. The minimum Gasteiger partial charge on any atom is -0.507 e. The maximum atomic E-state index is 13.6. The van der Waals surface area contributed by atoms with E-state index in [4.69, 9.17) is 9.47 Å². The van der Waals surface area contributed by atoms with Gasteiger partial charge in [-0.1, -0.05) is 58.9 Å². The summed E-state index contributed by atoms with van der Waals surface area (Å²) in [6, 6.07) is 16.5. The van der Waals surface area contributed by atoms with E-state index in [-0.39, 0.29) is 34.2 Å². The van der Waals surface area contributed by atoms with Crippen molar-refractivity contribution < 1.29 is 29.3 Å². The molecule has 1 aliphatic heterocycles. The molecule has 1 unspecified atom stereocenters. The van der Waals surface area contributed by atoms with Crippen LogP contribution in [0.15, 0.2) is 66.2 Å². The molecule has 1 atom stereocenters. The largest absolute Gasteiger partial charge is 0.507 e. The standard InChI is InChI=1S/C32H35NO6/c1-18(2)19-8-12-22(13-9-19)33-28(20-10-14-26(39-7)24(34)16-20)27(30(36)31(33)37)29(35)23-17-21(32(3,4)5)11-15-25(23)38-6/h8-18,28,34-35H,1-7H3/b29-27+. The van der Waals surface area contributed by atoms with Gasteiger partial charge in [-0.25, -0.2) is 0 Å². The van der Waals surface area contributed by atoms with E-state index in [1.54, 1.807) is 36.4 Å². The van der Waals surface area contributed by atoms with Crippen LogP contribution in [-0.2, 0) is 15.0 Å². The van der Waals surface area contributed by atoms with Crippen LogP contribution < -0.4 is 14.4 Å². The lowest BCUT2D eigenvalue weighted by Gasteiger charge is -2.26. The molecule has 0 bridgehead atoms. The van der Waals surface area contributed by atoms with Gasteiger partial charge in [0.2, 0.25) is 0 Å². The second-order valence-electron chi connectivity index (χ2n) is 11.0. The summed E-state index contributed by atoms with van der Waals surface area (Å²) >= 11 is 0. The summed E-state index contributed by atoms with van der Waals surface area (Å²) in [5, 5.41) is 22.3. The number of ether oxygens (including phenoxy) is 2. The molecule has 1 fully saturated rings. The number of anilines is 1. The smallest absolute Gasteiger partial charge is 0.300 e. The van der Waals surface area contributed by atoms with Gasteiger partial charge in [-0.2, -0.15) is 0 Å². The number of carbonyl (C=O) groups is 2. The molecule has 4 rings (SSSR count). The molecule has 7 nitrogen and oxygen atoms in total. The van der Waals surface area contributed by atoms with Gasteiger partial charge in [0.15, 0.2) is 11.5 Å². The maximum Gasteiger partial charge on any atom is 0.300 e. The van der Waals surface area contributed by atoms with Crippen molar-refractivity contribution in [2.75, 3.05) is 19.1 Å². The molecule has 0 spiro atoms. The quantitative estimate of drug-likeness (QED) is 0.216. The highest BCUT2D eigenvalue weighted by Gasteiger charge is 2.47. The van der Waals surface area contributed by atoms with Crippen LogP contribution in [0, 0.1) is 0 Å². The third kappa shape index (κ3) is 5.09. The number of phenols is 1. The van der Waals surface area contributed by atoms with Gasteiger partial charge in [0, 0.05) is 5.69 Å². The Morgan fingerprint density at radius 3 is 2.05 bits per heavy atom. The molecular formula is C32H35NO6. The first-order chi connectivity index (χ1) is 18.4. The maximum absolute atomic E-state index is 13.6. The minimum atomic E-state index is -1.00. The van der Waals surface area contributed by atoms with Gasteiger partial charge in [-0.15, -0.1) is 0 Å². The number of nitrogens with zero attached hydrogens (tertiary/aromatic N) is 1. The summed E-state index contributed by atoms with van der Waals surface area (Å²) in [5.41, 5.74) is 2.90. The van der Waals surface area contributed by atoms with Crippen molar-refractivity contribution in [2.45, 2.75) is 52.0 Å². The first-order valence-electron chi connectivity index (χ1n) is 12.9. The number of hydrogen-bond acceptors (Lipinski definition) is 6. The predicted octanol–water partition coefficient (Wildman–Crippen LogP) is 6.46. The molecule has 0 radical (unpaired) electrons. The summed E-state index contributed by atoms with van der Waals surface area (Å²) in [5.74, 6) is -1.21. The van der Waals surface area contributed by atoms with E-state index >= 15 is 0 Å². The second kappa shape index (κ2) is 10.5. The topological polar surface area (TPSA) is 96.3 Å². The van der Waals surface area contributed by atoms with E-state index in [9.17, 15) is 19.8 Å². The van der Waals surface area contributed by atoms with Crippen LogP contribution in [0.5, 0.6) is 17.2 Å². The number of ketones is 1. The molecule has 1 aliphatic rings. The summed E-state index contributed by atoms with van der Waals surface area (Å²) < 4.78 is 10.7. The molecule has 1 heterocycles. The first-order valence-corrected chi connectivity index (χ1v) is 12.9. The van der Waals surface area contributed by atoms with Gasteiger partial charge in [0.05, 0.1) is 31.4 Å². The highest BCUT2D eigenvalue weighted by Crippen LogP contribution is 2.45. The third-order valence-electron chi connectivity index (χ3n) is 7.12. The van der Waals surface area contributed by atoms with E-state index in [0.717, 1.165) is 11.1 Å². The molecular weight excluding hydrogens is 494 g/mol. The lowest BCUT2D eigenvalue weighted by molar-refractivity contribution is -0.132. The van der Waals surface area contributed by atoms with E-state index in [1.807, 2.05) is 39.0 Å². The minimum absolute atomic E-state index is 0.0955. The molecule has 0 saturated carbocycles. The Kier molecular flexibility index (Phi) is 7.46. The van der Waals surface area contributed by atoms with Crippen LogP contribution in [0.1, 0.15) is 68.8 Å². The molecule has 3 aromatic rings. The Bertz CT molecular complexity index is 1450. The number of aromatic hydroxyl groups is 1. The van der Waals surface area contributed by atoms with Gasteiger partial charge >= 0.3 is 0 Å². The summed E-state index contributed by atoms with van der Waals surface area (Å²) in [6.07, 6.45) is 0. The summed E-state index contributed by atoms with van der Waals surface area (Å²) in [4.78, 5) is 28.5. The van der Waals surface area contributed by atoms with Crippen LogP contribution in [-0.4, -0.2) is 36.1 Å². The highest BCUT2D eigenvalue weighted by molar-refractivity contribution is 6.51. The van der Waals surface area contributed by atoms with Crippen molar-refractivity contribution in [3.05, 3.63) is 88.5 Å². The fraction of sp³-hybridized carbons (Fsp3) is 0.312. The average Bonchev–Trinajstić information content (AvgIpc) is 3.17. The Hall–Kier alpha value is -4.26. The van der Waals surface area contributed by atoms with Gasteiger partial charge in [0.1, 0.15) is 11.5 Å². The molecule has 1 saturated heterocycles. The van der Waals surface area contributed by atoms with Crippen LogP contribution in [0.25, 0.3) is 5.76 Å². The van der Waals surface area contributed by atoms with Crippen molar-refractivity contribution >= 4 is 23.1 Å². The zero-order valence-electron chi connectivity index (χ0n) is 23.4. The number of Topliss-reactive ketones (excluding diaryl/α,β-unsaturated/α-hetero) is 1. The van der Waals surface area contributed by atoms with Crippen molar-refractivity contribution in [1.29, 1.82) is 0 Å². The molecule has 0 aliphatic carbocycles. The SMILES string of the molecule is COc1ccc(C2/C(=C(\O)c3cc(C(C)(C)C)ccc3OC)C(=O)C(=O)N2c2ccc(C(C)C)cc2)cc1O. The van der Waals surface area contributed by atoms with Crippen LogP contribution in [0.3, 0.4) is 0 Å². The predicted molar refractivity (Wildman–Crippen MR) is 152 cm³/mol. The number of phenolic OH excluding ortho intramolecular Hbond substituents is 1. The Balaban J connectivity index is 1.99. The van der Waals surface area contributed by atoms with E-state index < -0.39 is 17.7 Å². The summed E-state index contributed by atoms with van der Waals surface area (Å²) in [6.45, 7) is 10.3. The number of amides is 1. The molecule has 204 valence electrons. The van der Waals surface area contributed by atoms with E-state index in [2.05, 4.69) is 13.8 Å². The van der Waals surface area contributed by atoms with Crippen LogP contribution >= 0.6 is 0 Å². The van der Waals surface area contributed by atoms with Gasteiger partial charge in [-0.05, 0) is 64.4 Å². The molecule has 1 amide bonds. The first kappa shape index (κ1) is 27.8. The number of benzene rings is 3. The number of carbonyl (C=O) groups excluding carboxylic acids is 2. The highest BCUT2D eigenvalue weighted by atomic mass is 16.5. The van der Waals surface area contributed by atoms with Gasteiger partial charge in [-0.3, -0.25) is 14.5 Å². The molecule has 3 aromatic carbocycles. The molecule has 2 N–H and O–H groups in total. The Morgan fingerprint density at radius 1 is 0.897 bits per heavy atom. The third-order valence-corrected chi connectivity index (χ3v) is 7.12. The van der Waals surface area contributed by atoms with Crippen LogP contribution in [0.2, 0.25) is 0 Å². The fourth-order valence-corrected chi connectivity index (χ4v) is 4.82. The number of aliphatic hydroxyl groups excluding tert-OH is 1. The fourth-order valence-electron chi connectivity index (χ4n) is 4.82. The van der Waals surface area contributed by atoms with Crippen molar-refractivity contribution in [3.63, 3.8) is 0 Å². The zero-order chi connectivity index (χ0) is 28.6. The number of methoxy groups -OCH3 is 2. The summed E-state index contributed by atoms with van der Waals surface area (Å²) in [7, 11) is 2.92. The van der Waals surface area contributed by atoms with E-state index in [1.165, 1.54) is 25.2 Å². The number of hydrogen-bond donors (Lipinski definition) is 2.